The molecule has 0 amide bonds. The molecule has 1 atom stereocenters. The van der Waals surface area contributed by atoms with Gasteiger partial charge in [-0.05, 0) is 5.56 Å². The van der Waals surface area contributed by atoms with Crippen molar-refractivity contribution in [2.75, 3.05) is 39.9 Å². The van der Waals surface area contributed by atoms with Crippen molar-refractivity contribution in [1.82, 2.24) is 10.2 Å². The second-order valence-corrected chi connectivity index (χ2v) is 4.16. The summed E-state index contributed by atoms with van der Waals surface area (Å²) in [5.41, 5.74) is 1.39. The van der Waals surface area contributed by atoms with Gasteiger partial charge in [0.05, 0.1) is 6.61 Å². The van der Waals surface area contributed by atoms with E-state index in [0.29, 0.717) is 6.04 Å². The van der Waals surface area contributed by atoms with Gasteiger partial charge in [-0.1, -0.05) is 30.3 Å². The molecule has 1 N–H and O–H groups in total. The molecule has 1 saturated heterocycles. The molecular formula is C13H20N2O. The molecule has 88 valence electrons. The fraction of sp³-hybridized carbons (Fsp3) is 0.538. The van der Waals surface area contributed by atoms with Crippen LogP contribution < -0.4 is 5.32 Å². The lowest BCUT2D eigenvalue weighted by Crippen LogP contribution is -2.47. The lowest BCUT2D eigenvalue weighted by molar-refractivity contribution is 0.104. The summed E-state index contributed by atoms with van der Waals surface area (Å²) in [6, 6.07) is 11.2. The molecule has 1 aromatic carbocycles. The zero-order valence-corrected chi connectivity index (χ0v) is 9.86. The number of hydrogen-bond acceptors (Lipinski definition) is 3. The first kappa shape index (κ1) is 11.6. The second-order valence-electron chi connectivity index (χ2n) is 4.16. The molecule has 1 heterocycles. The number of rotatable bonds is 4. The Kier molecular flexibility index (Phi) is 4.34. The summed E-state index contributed by atoms with van der Waals surface area (Å²) in [5.74, 6) is 0. The fourth-order valence-corrected chi connectivity index (χ4v) is 2.23. The Hall–Kier alpha value is -0.900. The van der Waals surface area contributed by atoms with Gasteiger partial charge in [-0.3, -0.25) is 4.90 Å². The number of ether oxygens (including phenoxy) is 1. The number of nitrogens with one attached hydrogen (secondary N) is 1. The minimum absolute atomic E-state index is 0.491. The van der Waals surface area contributed by atoms with Crippen LogP contribution in [0.4, 0.5) is 0 Å². The van der Waals surface area contributed by atoms with Crippen LogP contribution in [0.25, 0.3) is 0 Å². The van der Waals surface area contributed by atoms with E-state index in [2.05, 4.69) is 40.5 Å². The van der Waals surface area contributed by atoms with Crippen LogP contribution in [0, 0.1) is 0 Å². The third-order valence-electron chi connectivity index (χ3n) is 3.12. The molecule has 1 aliphatic rings. The first-order valence-corrected chi connectivity index (χ1v) is 5.90. The van der Waals surface area contributed by atoms with Crippen LogP contribution in [0.1, 0.15) is 11.6 Å². The highest BCUT2D eigenvalue weighted by Gasteiger charge is 2.22. The van der Waals surface area contributed by atoms with Gasteiger partial charge in [0.25, 0.3) is 0 Å². The first-order valence-electron chi connectivity index (χ1n) is 5.90. The molecule has 0 aromatic heterocycles. The predicted octanol–water partition coefficient (Wildman–Crippen LogP) is 1.28. The number of hydrogen-bond donors (Lipinski definition) is 1. The Morgan fingerprint density at radius 3 is 2.94 bits per heavy atom. The van der Waals surface area contributed by atoms with Crippen LogP contribution in [-0.2, 0) is 4.74 Å². The quantitative estimate of drug-likeness (QED) is 0.827. The topological polar surface area (TPSA) is 24.5 Å². The molecule has 0 bridgehead atoms. The van der Waals surface area contributed by atoms with E-state index in [0.717, 1.165) is 32.8 Å². The minimum Gasteiger partial charge on any atom is -0.383 e. The lowest BCUT2D eigenvalue weighted by Gasteiger charge is -2.36. The summed E-state index contributed by atoms with van der Waals surface area (Å²) in [6.45, 7) is 5.03. The highest BCUT2D eigenvalue weighted by Crippen LogP contribution is 2.21. The summed E-state index contributed by atoms with van der Waals surface area (Å²) in [6.07, 6.45) is 0. The van der Waals surface area contributed by atoms with E-state index >= 15 is 0 Å². The zero-order valence-electron chi connectivity index (χ0n) is 9.86. The summed E-state index contributed by atoms with van der Waals surface area (Å²) in [7, 11) is 1.76. The van der Waals surface area contributed by atoms with Gasteiger partial charge < -0.3 is 10.1 Å². The van der Waals surface area contributed by atoms with E-state index in [1.807, 2.05) is 0 Å². The molecule has 16 heavy (non-hydrogen) atoms. The average Bonchev–Trinajstić information content (AvgIpc) is 2.38. The third-order valence-corrected chi connectivity index (χ3v) is 3.12. The molecule has 0 saturated carbocycles. The molecule has 0 radical (unpaired) electrons. The molecule has 1 aromatic rings. The Labute approximate surface area is 97.4 Å². The van der Waals surface area contributed by atoms with Crippen molar-refractivity contribution in [1.29, 1.82) is 0 Å². The second kappa shape index (κ2) is 5.99. The van der Waals surface area contributed by atoms with E-state index in [1.54, 1.807) is 7.11 Å². The molecule has 3 nitrogen and oxygen atoms in total. The van der Waals surface area contributed by atoms with Gasteiger partial charge in [-0.2, -0.15) is 0 Å². The van der Waals surface area contributed by atoms with Crippen molar-refractivity contribution < 1.29 is 4.74 Å². The van der Waals surface area contributed by atoms with Gasteiger partial charge in [0.15, 0.2) is 0 Å². The fourth-order valence-electron chi connectivity index (χ4n) is 2.23. The molecular weight excluding hydrogens is 200 g/mol. The van der Waals surface area contributed by atoms with E-state index in [4.69, 9.17) is 4.74 Å². The summed E-state index contributed by atoms with van der Waals surface area (Å²) in [4.78, 5) is 2.50. The summed E-state index contributed by atoms with van der Waals surface area (Å²) >= 11 is 0. The molecule has 1 fully saturated rings. The molecule has 2 rings (SSSR count). The smallest absolute Gasteiger partial charge is 0.0589 e. The van der Waals surface area contributed by atoms with Crippen LogP contribution in [0.3, 0.4) is 0 Å². The number of nitrogens with zero attached hydrogens (tertiary/aromatic N) is 1. The molecule has 0 spiro atoms. The maximum Gasteiger partial charge on any atom is 0.0589 e. The Morgan fingerprint density at radius 1 is 1.38 bits per heavy atom. The monoisotopic (exact) mass is 220 g/mol. The summed E-state index contributed by atoms with van der Waals surface area (Å²) in [5, 5.41) is 3.46. The zero-order chi connectivity index (χ0) is 11.2. The molecule has 1 aliphatic heterocycles. The lowest BCUT2D eigenvalue weighted by atomic mass is 10.0. The number of methoxy groups -OCH3 is 1. The van der Waals surface area contributed by atoms with Gasteiger partial charge in [0.2, 0.25) is 0 Å². The van der Waals surface area contributed by atoms with Crippen molar-refractivity contribution in [2.45, 2.75) is 6.04 Å². The Morgan fingerprint density at radius 2 is 2.19 bits per heavy atom. The molecule has 3 heteroatoms. The van der Waals surface area contributed by atoms with Crippen molar-refractivity contribution in [3.05, 3.63) is 35.9 Å². The van der Waals surface area contributed by atoms with Gasteiger partial charge >= 0.3 is 0 Å². The first-order chi connectivity index (χ1) is 7.92. The standard InChI is InChI=1S/C13H20N2O/c1-16-10-9-15-8-7-14-11-13(15)12-5-3-2-4-6-12/h2-6,13-14H,7-11H2,1H3. The van der Waals surface area contributed by atoms with Crippen molar-refractivity contribution in [3.8, 4) is 0 Å². The highest BCUT2D eigenvalue weighted by atomic mass is 16.5. The maximum absolute atomic E-state index is 5.17. The van der Waals surface area contributed by atoms with Gasteiger partial charge in [-0.25, -0.2) is 0 Å². The van der Waals surface area contributed by atoms with Crippen molar-refractivity contribution >= 4 is 0 Å². The normalized spacial score (nSPS) is 22.2. The van der Waals surface area contributed by atoms with Crippen LogP contribution in [-0.4, -0.2) is 44.8 Å². The van der Waals surface area contributed by atoms with Crippen LogP contribution in [0.2, 0.25) is 0 Å². The summed E-state index contributed by atoms with van der Waals surface area (Å²) < 4.78 is 5.17. The Bertz CT molecular complexity index is 302. The van der Waals surface area contributed by atoms with Crippen molar-refractivity contribution in [2.24, 2.45) is 0 Å². The van der Waals surface area contributed by atoms with Gasteiger partial charge in [0, 0.05) is 39.3 Å². The largest absolute Gasteiger partial charge is 0.383 e. The van der Waals surface area contributed by atoms with E-state index in [1.165, 1.54) is 5.56 Å². The maximum atomic E-state index is 5.17. The van der Waals surface area contributed by atoms with E-state index < -0.39 is 0 Å². The van der Waals surface area contributed by atoms with Gasteiger partial charge in [0.1, 0.15) is 0 Å². The minimum atomic E-state index is 0.491. The number of piperazine rings is 1. The molecule has 1 unspecified atom stereocenters. The van der Waals surface area contributed by atoms with Crippen molar-refractivity contribution in [3.63, 3.8) is 0 Å². The van der Waals surface area contributed by atoms with E-state index in [9.17, 15) is 0 Å². The number of benzene rings is 1. The Balaban J connectivity index is 2.04. The SMILES string of the molecule is COCCN1CCNCC1c1ccccc1. The van der Waals surface area contributed by atoms with Crippen LogP contribution in [0.15, 0.2) is 30.3 Å². The molecule has 0 aliphatic carbocycles. The third kappa shape index (κ3) is 2.82. The average molecular weight is 220 g/mol. The van der Waals surface area contributed by atoms with Crippen LogP contribution in [0.5, 0.6) is 0 Å². The predicted molar refractivity (Wildman–Crippen MR) is 65.5 cm³/mol. The van der Waals surface area contributed by atoms with Gasteiger partial charge in [-0.15, -0.1) is 0 Å². The van der Waals surface area contributed by atoms with Crippen LogP contribution >= 0.6 is 0 Å². The van der Waals surface area contributed by atoms with E-state index in [-0.39, 0.29) is 0 Å². The highest BCUT2D eigenvalue weighted by molar-refractivity contribution is 5.20.